The molecule has 0 radical (unpaired) electrons. The summed E-state index contributed by atoms with van der Waals surface area (Å²) in [5.41, 5.74) is 9.27. The van der Waals surface area contributed by atoms with Gasteiger partial charge in [0.2, 0.25) is 0 Å². The fourth-order valence-corrected chi connectivity index (χ4v) is 2.37. The zero-order valence-corrected chi connectivity index (χ0v) is 11.2. The maximum absolute atomic E-state index is 5.92. The number of aromatic amines is 1. The van der Waals surface area contributed by atoms with E-state index in [0.717, 1.165) is 17.1 Å². The minimum absolute atomic E-state index is 0.105. The van der Waals surface area contributed by atoms with Crippen LogP contribution in [0.25, 0.3) is 11.3 Å². The molecule has 3 N–H and O–H groups in total. The Morgan fingerprint density at radius 3 is 2.25 bits per heavy atom. The third-order valence-corrected chi connectivity index (χ3v) is 3.45. The highest BCUT2D eigenvalue weighted by molar-refractivity contribution is 5.58. The Labute approximate surface area is 118 Å². The molecule has 0 aliphatic rings. The van der Waals surface area contributed by atoms with Crippen molar-refractivity contribution in [1.82, 2.24) is 9.97 Å². The van der Waals surface area contributed by atoms with Crippen molar-refractivity contribution in [2.24, 2.45) is 5.73 Å². The van der Waals surface area contributed by atoms with Crippen LogP contribution in [0.1, 0.15) is 17.3 Å². The number of hydrogen-bond acceptors (Lipinski definition) is 2. The summed E-state index contributed by atoms with van der Waals surface area (Å²) in [5, 5.41) is 0. The molecule has 0 fully saturated rings. The van der Waals surface area contributed by atoms with E-state index in [1.165, 1.54) is 5.56 Å². The molecule has 20 heavy (non-hydrogen) atoms. The van der Waals surface area contributed by atoms with Gasteiger partial charge in [0, 0.05) is 6.54 Å². The zero-order valence-electron chi connectivity index (χ0n) is 11.2. The van der Waals surface area contributed by atoms with Gasteiger partial charge in [0.15, 0.2) is 0 Å². The Bertz CT molecular complexity index is 659. The predicted molar refractivity (Wildman–Crippen MR) is 81.4 cm³/mol. The molecule has 0 saturated carbocycles. The number of imidazole rings is 1. The lowest BCUT2D eigenvalue weighted by molar-refractivity contribution is 0.765. The maximum atomic E-state index is 5.92. The van der Waals surface area contributed by atoms with Crippen LogP contribution in [0, 0.1) is 0 Å². The van der Waals surface area contributed by atoms with Crippen LogP contribution in [0.3, 0.4) is 0 Å². The number of H-pyrrole nitrogens is 1. The molecule has 1 heterocycles. The van der Waals surface area contributed by atoms with Crippen LogP contribution in [0.2, 0.25) is 0 Å². The highest BCUT2D eigenvalue weighted by Crippen LogP contribution is 2.24. The van der Waals surface area contributed by atoms with Crippen molar-refractivity contribution in [3.05, 3.63) is 78.2 Å². The minimum Gasteiger partial charge on any atom is -0.341 e. The molecule has 1 aromatic heterocycles. The largest absolute Gasteiger partial charge is 0.341 e. The summed E-state index contributed by atoms with van der Waals surface area (Å²) in [6.45, 7) is 0.533. The van der Waals surface area contributed by atoms with Crippen LogP contribution in [0.15, 0.2) is 66.9 Å². The van der Waals surface area contributed by atoms with Gasteiger partial charge in [-0.1, -0.05) is 60.7 Å². The van der Waals surface area contributed by atoms with Crippen LogP contribution >= 0.6 is 0 Å². The summed E-state index contributed by atoms with van der Waals surface area (Å²) in [7, 11) is 0. The molecule has 3 heteroatoms. The molecular formula is C17H17N3. The Hall–Kier alpha value is -2.39. The van der Waals surface area contributed by atoms with Gasteiger partial charge >= 0.3 is 0 Å². The summed E-state index contributed by atoms with van der Waals surface area (Å²) in [6.07, 6.45) is 1.87. The molecule has 2 aromatic carbocycles. The van der Waals surface area contributed by atoms with Crippen LogP contribution in [-0.2, 0) is 0 Å². The molecular weight excluding hydrogens is 246 g/mol. The Morgan fingerprint density at radius 1 is 0.950 bits per heavy atom. The molecule has 0 aliphatic carbocycles. The molecule has 0 bridgehead atoms. The number of nitrogens with two attached hydrogens (primary N) is 1. The second-order valence-electron chi connectivity index (χ2n) is 4.75. The predicted octanol–water partition coefficient (Wildman–Crippen LogP) is 3.17. The van der Waals surface area contributed by atoms with E-state index in [0.29, 0.717) is 6.54 Å². The number of aromatic nitrogens is 2. The molecule has 0 spiro atoms. The SMILES string of the molecule is NCC(c1ccccc1)c1ncc(-c2ccccc2)[nH]1. The second-order valence-corrected chi connectivity index (χ2v) is 4.75. The Morgan fingerprint density at radius 2 is 1.60 bits per heavy atom. The maximum Gasteiger partial charge on any atom is 0.115 e. The first-order valence-corrected chi connectivity index (χ1v) is 6.74. The minimum atomic E-state index is 0.105. The number of nitrogens with one attached hydrogen (secondary N) is 1. The first-order valence-electron chi connectivity index (χ1n) is 6.74. The van der Waals surface area contributed by atoms with Gasteiger partial charge in [-0.3, -0.25) is 0 Å². The summed E-state index contributed by atoms with van der Waals surface area (Å²) in [6, 6.07) is 20.4. The Balaban J connectivity index is 1.93. The Kier molecular flexibility index (Phi) is 3.61. The number of hydrogen-bond donors (Lipinski definition) is 2. The molecule has 3 nitrogen and oxygen atoms in total. The standard InChI is InChI=1S/C17H17N3/c18-11-15(13-7-3-1-4-8-13)17-19-12-16(20-17)14-9-5-2-6-10-14/h1-10,12,15H,11,18H2,(H,19,20). The quantitative estimate of drug-likeness (QED) is 0.759. The van der Waals surface area contributed by atoms with Gasteiger partial charge in [0.1, 0.15) is 5.82 Å². The van der Waals surface area contributed by atoms with E-state index >= 15 is 0 Å². The molecule has 0 saturated heterocycles. The molecule has 0 aliphatic heterocycles. The van der Waals surface area contributed by atoms with Gasteiger partial charge in [0.05, 0.1) is 17.8 Å². The van der Waals surface area contributed by atoms with E-state index < -0.39 is 0 Å². The van der Waals surface area contributed by atoms with Crippen LogP contribution < -0.4 is 5.73 Å². The molecule has 0 amide bonds. The molecule has 3 aromatic rings. The summed E-state index contributed by atoms with van der Waals surface area (Å²) >= 11 is 0. The second kappa shape index (κ2) is 5.72. The number of nitrogens with zero attached hydrogens (tertiary/aromatic N) is 1. The first-order chi connectivity index (χ1) is 9.88. The van der Waals surface area contributed by atoms with Crippen molar-refractivity contribution in [3.8, 4) is 11.3 Å². The lowest BCUT2D eigenvalue weighted by atomic mass is 9.99. The van der Waals surface area contributed by atoms with Gasteiger partial charge in [-0.25, -0.2) is 4.98 Å². The lowest BCUT2D eigenvalue weighted by Crippen LogP contribution is -2.15. The smallest absolute Gasteiger partial charge is 0.115 e. The van der Waals surface area contributed by atoms with Crippen LogP contribution in [0.4, 0.5) is 0 Å². The van der Waals surface area contributed by atoms with Gasteiger partial charge in [-0.05, 0) is 11.1 Å². The number of benzene rings is 2. The van der Waals surface area contributed by atoms with Crippen LogP contribution in [0.5, 0.6) is 0 Å². The van der Waals surface area contributed by atoms with Crippen molar-refractivity contribution in [1.29, 1.82) is 0 Å². The fraction of sp³-hybridized carbons (Fsp3) is 0.118. The third kappa shape index (κ3) is 2.49. The number of rotatable bonds is 4. The summed E-state index contributed by atoms with van der Waals surface area (Å²) in [4.78, 5) is 7.89. The fourth-order valence-electron chi connectivity index (χ4n) is 2.37. The first kappa shape index (κ1) is 12.6. The summed E-state index contributed by atoms with van der Waals surface area (Å²) < 4.78 is 0. The van der Waals surface area contributed by atoms with Crippen molar-refractivity contribution >= 4 is 0 Å². The normalized spacial score (nSPS) is 12.2. The van der Waals surface area contributed by atoms with Gasteiger partial charge in [-0.15, -0.1) is 0 Å². The van der Waals surface area contributed by atoms with E-state index in [9.17, 15) is 0 Å². The van der Waals surface area contributed by atoms with Crippen molar-refractivity contribution in [2.75, 3.05) is 6.54 Å². The summed E-state index contributed by atoms with van der Waals surface area (Å²) in [5.74, 6) is 1.02. The van der Waals surface area contributed by atoms with Crippen LogP contribution in [-0.4, -0.2) is 16.5 Å². The molecule has 1 atom stereocenters. The average Bonchev–Trinajstić information content (AvgIpc) is 3.00. The van der Waals surface area contributed by atoms with E-state index in [1.807, 2.05) is 42.6 Å². The van der Waals surface area contributed by atoms with Crippen molar-refractivity contribution in [2.45, 2.75) is 5.92 Å². The van der Waals surface area contributed by atoms with Crippen molar-refractivity contribution in [3.63, 3.8) is 0 Å². The molecule has 1 unspecified atom stereocenters. The zero-order chi connectivity index (χ0) is 13.8. The molecule has 3 rings (SSSR count). The average molecular weight is 263 g/mol. The van der Waals surface area contributed by atoms with E-state index in [-0.39, 0.29) is 5.92 Å². The van der Waals surface area contributed by atoms with E-state index in [1.54, 1.807) is 0 Å². The van der Waals surface area contributed by atoms with Crippen molar-refractivity contribution < 1.29 is 0 Å². The van der Waals surface area contributed by atoms with Gasteiger partial charge < -0.3 is 10.7 Å². The topological polar surface area (TPSA) is 54.7 Å². The highest BCUT2D eigenvalue weighted by atomic mass is 14.9. The monoisotopic (exact) mass is 263 g/mol. The van der Waals surface area contributed by atoms with Gasteiger partial charge in [0.25, 0.3) is 0 Å². The highest BCUT2D eigenvalue weighted by Gasteiger charge is 2.15. The third-order valence-electron chi connectivity index (χ3n) is 3.45. The van der Waals surface area contributed by atoms with E-state index in [2.05, 4.69) is 34.2 Å². The lowest BCUT2D eigenvalue weighted by Gasteiger charge is -2.12. The van der Waals surface area contributed by atoms with E-state index in [4.69, 9.17) is 5.73 Å². The van der Waals surface area contributed by atoms with Gasteiger partial charge in [-0.2, -0.15) is 0 Å². The molecule has 100 valence electrons.